The summed E-state index contributed by atoms with van der Waals surface area (Å²) in [5, 5.41) is 0.686. The van der Waals surface area contributed by atoms with Crippen LogP contribution in [0.2, 0.25) is 5.02 Å². The van der Waals surface area contributed by atoms with E-state index in [1.807, 2.05) is 24.3 Å². The van der Waals surface area contributed by atoms with Crippen molar-refractivity contribution >= 4 is 27.5 Å². The van der Waals surface area contributed by atoms with Crippen molar-refractivity contribution in [2.75, 3.05) is 26.2 Å². The van der Waals surface area contributed by atoms with Gasteiger partial charge in [0.1, 0.15) is 5.82 Å². The zero-order valence-electron chi connectivity index (χ0n) is 15.4. The Hall–Kier alpha value is -1.96. The van der Waals surface area contributed by atoms with Gasteiger partial charge in [0.25, 0.3) is 0 Å². The van der Waals surface area contributed by atoms with Gasteiger partial charge >= 0.3 is 0 Å². The Bertz CT molecular complexity index is 927. The predicted octanol–water partition coefficient (Wildman–Crippen LogP) is 3.33. The number of amides is 1. The molecule has 3 rings (SSSR count). The van der Waals surface area contributed by atoms with E-state index in [9.17, 15) is 17.6 Å². The zero-order valence-corrected chi connectivity index (χ0v) is 16.9. The monoisotopic (exact) mass is 424 g/mol. The normalized spacial score (nSPS) is 15.6. The maximum absolute atomic E-state index is 13.4. The van der Waals surface area contributed by atoms with Crippen LogP contribution in [0.5, 0.6) is 0 Å². The summed E-state index contributed by atoms with van der Waals surface area (Å²) in [6.45, 7) is 1.10. The van der Waals surface area contributed by atoms with Gasteiger partial charge in [0.05, 0.1) is 4.90 Å². The Balaban J connectivity index is 1.49. The standard InChI is InChI=1S/C20H22ClFN2O3S/c21-17-9-7-16(8-10-17)3-1-6-20(25)23-11-13-24(14-12-23)28(26,27)19-5-2-4-18(22)15-19/h2,4-5,7-10,15H,1,3,6,11-14H2. The molecule has 0 aromatic heterocycles. The highest BCUT2D eigenvalue weighted by Crippen LogP contribution is 2.19. The Morgan fingerprint density at radius 3 is 2.36 bits per heavy atom. The van der Waals surface area contributed by atoms with Crippen LogP contribution in [0.1, 0.15) is 18.4 Å². The molecule has 0 aliphatic carbocycles. The number of hydrogen-bond donors (Lipinski definition) is 0. The highest BCUT2D eigenvalue weighted by atomic mass is 35.5. The predicted molar refractivity (Wildman–Crippen MR) is 106 cm³/mol. The van der Waals surface area contributed by atoms with Crippen LogP contribution in [-0.2, 0) is 21.2 Å². The van der Waals surface area contributed by atoms with E-state index in [4.69, 9.17) is 11.6 Å². The molecule has 150 valence electrons. The van der Waals surface area contributed by atoms with Gasteiger partial charge in [0.2, 0.25) is 15.9 Å². The molecule has 0 bridgehead atoms. The van der Waals surface area contributed by atoms with Crippen molar-refractivity contribution in [1.82, 2.24) is 9.21 Å². The number of nitrogens with zero attached hydrogens (tertiary/aromatic N) is 2. The number of carbonyl (C=O) groups is 1. The molecule has 0 N–H and O–H groups in total. The number of aryl methyl sites for hydroxylation is 1. The first-order valence-electron chi connectivity index (χ1n) is 9.14. The summed E-state index contributed by atoms with van der Waals surface area (Å²) in [6.07, 6.45) is 1.93. The topological polar surface area (TPSA) is 57.7 Å². The van der Waals surface area contributed by atoms with Crippen LogP contribution in [0.4, 0.5) is 4.39 Å². The molecule has 2 aromatic rings. The second-order valence-corrected chi connectivity index (χ2v) is 9.10. The maximum atomic E-state index is 13.4. The van der Waals surface area contributed by atoms with Gasteiger partial charge in [-0.25, -0.2) is 12.8 Å². The average molecular weight is 425 g/mol. The molecule has 0 spiro atoms. The Kier molecular flexibility index (Phi) is 6.69. The van der Waals surface area contributed by atoms with Crippen LogP contribution in [0, 0.1) is 5.82 Å². The number of hydrogen-bond acceptors (Lipinski definition) is 3. The van der Waals surface area contributed by atoms with E-state index in [0.717, 1.165) is 24.5 Å². The second-order valence-electron chi connectivity index (χ2n) is 6.72. The molecule has 1 fully saturated rings. The smallest absolute Gasteiger partial charge is 0.243 e. The van der Waals surface area contributed by atoms with E-state index in [1.165, 1.54) is 22.5 Å². The summed E-state index contributed by atoms with van der Waals surface area (Å²) >= 11 is 5.86. The van der Waals surface area contributed by atoms with Crippen molar-refractivity contribution < 1.29 is 17.6 Å². The second kappa shape index (κ2) is 9.03. The molecule has 1 aliphatic rings. The molecule has 0 unspecified atom stereocenters. The number of piperazine rings is 1. The highest BCUT2D eigenvalue weighted by Gasteiger charge is 2.30. The molecule has 28 heavy (non-hydrogen) atoms. The number of sulfonamides is 1. The summed E-state index contributed by atoms with van der Waals surface area (Å²) in [5.74, 6) is -0.563. The van der Waals surface area contributed by atoms with Crippen LogP contribution in [0.3, 0.4) is 0 Å². The lowest BCUT2D eigenvalue weighted by Gasteiger charge is -2.34. The SMILES string of the molecule is O=C(CCCc1ccc(Cl)cc1)N1CCN(S(=O)(=O)c2cccc(F)c2)CC1. The number of benzene rings is 2. The Morgan fingerprint density at radius 2 is 1.71 bits per heavy atom. The molecule has 1 saturated heterocycles. The molecule has 8 heteroatoms. The third kappa shape index (κ3) is 5.10. The van der Waals surface area contributed by atoms with Gasteiger partial charge in [-0.2, -0.15) is 4.31 Å². The van der Waals surface area contributed by atoms with Gasteiger partial charge in [0.15, 0.2) is 0 Å². The minimum absolute atomic E-state index is 0.0248. The molecule has 0 atom stereocenters. The lowest BCUT2D eigenvalue weighted by Crippen LogP contribution is -2.50. The van der Waals surface area contributed by atoms with Crippen molar-refractivity contribution in [3.8, 4) is 0 Å². The van der Waals surface area contributed by atoms with Gasteiger partial charge in [-0.05, 0) is 48.7 Å². The van der Waals surface area contributed by atoms with Crippen molar-refractivity contribution in [3.63, 3.8) is 0 Å². The number of rotatable bonds is 6. The number of halogens is 2. The van der Waals surface area contributed by atoms with Crippen LogP contribution in [-0.4, -0.2) is 49.7 Å². The van der Waals surface area contributed by atoms with Crippen molar-refractivity contribution in [1.29, 1.82) is 0 Å². The summed E-state index contributed by atoms with van der Waals surface area (Å²) in [6, 6.07) is 12.5. The third-order valence-electron chi connectivity index (χ3n) is 4.79. The highest BCUT2D eigenvalue weighted by molar-refractivity contribution is 7.89. The van der Waals surface area contributed by atoms with E-state index in [2.05, 4.69) is 0 Å². The van der Waals surface area contributed by atoms with E-state index >= 15 is 0 Å². The lowest BCUT2D eigenvalue weighted by atomic mass is 10.1. The van der Waals surface area contributed by atoms with Crippen LogP contribution in [0.25, 0.3) is 0 Å². The molecule has 0 radical (unpaired) electrons. The van der Waals surface area contributed by atoms with E-state index < -0.39 is 15.8 Å². The minimum atomic E-state index is -3.75. The first-order valence-corrected chi connectivity index (χ1v) is 11.0. The van der Waals surface area contributed by atoms with Crippen molar-refractivity contribution in [2.24, 2.45) is 0 Å². The quantitative estimate of drug-likeness (QED) is 0.714. The third-order valence-corrected chi connectivity index (χ3v) is 6.94. The van der Waals surface area contributed by atoms with E-state index in [1.54, 1.807) is 4.90 Å². The zero-order chi connectivity index (χ0) is 20.1. The molecule has 1 amide bonds. The van der Waals surface area contributed by atoms with Gasteiger partial charge < -0.3 is 4.90 Å². The summed E-state index contributed by atoms with van der Waals surface area (Å²) in [5.41, 5.74) is 1.13. The van der Waals surface area contributed by atoms with Gasteiger partial charge in [-0.1, -0.05) is 29.8 Å². The molecular weight excluding hydrogens is 403 g/mol. The van der Waals surface area contributed by atoms with Crippen molar-refractivity contribution in [3.05, 3.63) is 64.9 Å². The Morgan fingerprint density at radius 1 is 1.04 bits per heavy atom. The summed E-state index contributed by atoms with van der Waals surface area (Å²) in [4.78, 5) is 14.0. The summed E-state index contributed by atoms with van der Waals surface area (Å²) < 4.78 is 39.9. The fourth-order valence-corrected chi connectivity index (χ4v) is 4.79. The fourth-order valence-electron chi connectivity index (χ4n) is 3.21. The van der Waals surface area contributed by atoms with E-state index in [0.29, 0.717) is 24.5 Å². The van der Waals surface area contributed by atoms with Crippen LogP contribution in [0.15, 0.2) is 53.4 Å². The van der Waals surface area contributed by atoms with Crippen LogP contribution >= 0.6 is 11.6 Å². The molecule has 0 saturated carbocycles. The molecule has 5 nitrogen and oxygen atoms in total. The summed E-state index contributed by atoms with van der Waals surface area (Å²) in [7, 11) is -3.75. The molecule has 1 aliphatic heterocycles. The molecule has 1 heterocycles. The molecular formula is C20H22ClFN2O3S. The van der Waals surface area contributed by atoms with Gasteiger partial charge in [-0.15, -0.1) is 0 Å². The van der Waals surface area contributed by atoms with Gasteiger partial charge in [-0.3, -0.25) is 4.79 Å². The number of carbonyl (C=O) groups excluding carboxylic acids is 1. The molecule has 2 aromatic carbocycles. The van der Waals surface area contributed by atoms with Crippen LogP contribution < -0.4 is 0 Å². The first-order chi connectivity index (χ1) is 13.4. The van der Waals surface area contributed by atoms with Crippen molar-refractivity contribution in [2.45, 2.75) is 24.2 Å². The fraction of sp³-hybridized carbons (Fsp3) is 0.350. The largest absolute Gasteiger partial charge is 0.340 e. The first kappa shape index (κ1) is 20.8. The van der Waals surface area contributed by atoms with Gasteiger partial charge in [0, 0.05) is 37.6 Å². The van der Waals surface area contributed by atoms with E-state index in [-0.39, 0.29) is 23.9 Å². The maximum Gasteiger partial charge on any atom is 0.243 e. The lowest BCUT2D eigenvalue weighted by molar-refractivity contribution is -0.132. The average Bonchev–Trinajstić information content (AvgIpc) is 2.69. The minimum Gasteiger partial charge on any atom is -0.340 e. The Labute approximate surface area is 169 Å².